The number of rotatable bonds is 12. The van der Waals surface area contributed by atoms with Gasteiger partial charge in [-0.05, 0) is 49.2 Å². The van der Waals surface area contributed by atoms with Crippen LogP contribution in [0.25, 0.3) is 0 Å². The zero-order valence-corrected chi connectivity index (χ0v) is 17.5. The van der Waals surface area contributed by atoms with E-state index < -0.39 is 8.32 Å². The van der Waals surface area contributed by atoms with Gasteiger partial charge in [-0.25, -0.2) is 0 Å². The zero-order chi connectivity index (χ0) is 18.7. The molecule has 0 saturated carbocycles. The van der Waals surface area contributed by atoms with Gasteiger partial charge in [0.1, 0.15) is 5.75 Å². The summed E-state index contributed by atoms with van der Waals surface area (Å²) in [5, 5.41) is 0. The van der Waals surface area contributed by atoms with E-state index in [1.807, 2.05) is 24.3 Å². The molecule has 3 nitrogen and oxygen atoms in total. The first-order chi connectivity index (χ1) is 12.0. The van der Waals surface area contributed by atoms with Crippen molar-refractivity contribution >= 4 is 8.32 Å². The average molecular weight is 363 g/mol. The molecule has 0 amide bonds. The highest BCUT2D eigenvalue weighted by atomic mass is 28.4. The van der Waals surface area contributed by atoms with Gasteiger partial charge in [-0.15, -0.1) is 12.3 Å². The molecule has 0 aliphatic heterocycles. The molecule has 0 aliphatic rings. The van der Waals surface area contributed by atoms with Crippen LogP contribution in [0, 0.1) is 18.3 Å². The Bertz CT molecular complexity index is 509. The molecule has 4 heteroatoms. The van der Waals surface area contributed by atoms with Crippen LogP contribution in [-0.4, -0.2) is 28.1 Å². The van der Waals surface area contributed by atoms with Gasteiger partial charge in [-0.2, -0.15) is 0 Å². The van der Waals surface area contributed by atoms with E-state index in [2.05, 4.69) is 33.6 Å². The molecule has 0 bridgehead atoms. The first kappa shape index (κ1) is 21.8. The summed E-state index contributed by atoms with van der Waals surface area (Å²) in [6, 6.07) is 11.4. The number of benzene rings is 1. The monoisotopic (exact) mass is 362 g/mol. The molecular formula is C21H34O3Si. The highest BCUT2D eigenvalue weighted by molar-refractivity contribution is 6.73. The van der Waals surface area contributed by atoms with Crippen molar-refractivity contribution in [3.8, 4) is 18.1 Å². The van der Waals surface area contributed by atoms with E-state index in [0.29, 0.717) is 13.2 Å². The molecule has 0 fully saturated rings. The number of hydrogen-bond donors (Lipinski definition) is 0. The molecule has 140 valence electrons. The van der Waals surface area contributed by atoms with Crippen molar-refractivity contribution in [1.29, 1.82) is 0 Å². The summed E-state index contributed by atoms with van der Waals surface area (Å²) in [4.78, 5) is 0. The highest BCUT2D eigenvalue weighted by Crippen LogP contribution is 2.27. The smallest absolute Gasteiger partial charge is 0.192 e. The second kappa shape index (κ2) is 11.4. The summed E-state index contributed by atoms with van der Waals surface area (Å²) in [5.74, 6) is 3.83. The van der Waals surface area contributed by atoms with E-state index in [-0.39, 0.29) is 12.0 Å². The first-order valence-corrected chi connectivity index (χ1v) is 11.9. The molecule has 1 aromatic carbocycles. The lowest BCUT2D eigenvalue weighted by Gasteiger charge is -2.34. The van der Waals surface area contributed by atoms with Crippen LogP contribution in [0.2, 0.25) is 18.1 Å². The third-order valence-corrected chi connectivity index (χ3v) is 9.80. The van der Waals surface area contributed by atoms with E-state index in [4.69, 9.17) is 20.3 Å². The fourth-order valence-electron chi connectivity index (χ4n) is 2.95. The van der Waals surface area contributed by atoms with Crippen LogP contribution in [0.1, 0.15) is 39.7 Å². The van der Waals surface area contributed by atoms with Crippen molar-refractivity contribution in [2.24, 2.45) is 5.92 Å². The molecule has 0 saturated heterocycles. The lowest BCUT2D eigenvalue weighted by Crippen LogP contribution is -2.42. The van der Waals surface area contributed by atoms with Crippen molar-refractivity contribution in [3.05, 3.63) is 29.8 Å². The highest BCUT2D eigenvalue weighted by Gasteiger charge is 2.33. The standard InChI is InChI=1S/C21H34O3Si/c1-7-18(5)21(24-25(8-2,9-3)10-4)15-16-23-17-19-11-13-20(22-6)14-12-19/h1,11-14,18,21H,8-10,15-17H2,2-6H3/t18-,21+/m0/s1. The van der Waals surface area contributed by atoms with Crippen molar-refractivity contribution in [1.82, 2.24) is 0 Å². The van der Waals surface area contributed by atoms with Crippen LogP contribution in [0.15, 0.2) is 24.3 Å². The molecule has 0 spiro atoms. The molecule has 0 heterocycles. The van der Waals surface area contributed by atoms with Crippen LogP contribution >= 0.6 is 0 Å². The quantitative estimate of drug-likeness (QED) is 0.288. The van der Waals surface area contributed by atoms with Gasteiger partial charge in [0.15, 0.2) is 8.32 Å². The molecule has 0 radical (unpaired) electrons. The molecule has 1 aromatic rings. The van der Waals surface area contributed by atoms with Gasteiger partial charge in [0.25, 0.3) is 0 Å². The van der Waals surface area contributed by atoms with Crippen LogP contribution < -0.4 is 4.74 Å². The maximum Gasteiger partial charge on any atom is 0.192 e. The second-order valence-corrected chi connectivity index (χ2v) is 11.3. The maximum absolute atomic E-state index is 6.62. The third kappa shape index (κ3) is 6.85. The SMILES string of the molecule is C#C[C@H](C)[C@@H](CCOCc1ccc(OC)cc1)O[Si](CC)(CC)CC. The van der Waals surface area contributed by atoms with E-state index in [0.717, 1.165) is 35.9 Å². The molecule has 0 aromatic heterocycles. The van der Waals surface area contributed by atoms with Crippen molar-refractivity contribution in [2.75, 3.05) is 13.7 Å². The predicted molar refractivity (Wildman–Crippen MR) is 107 cm³/mol. The molecular weight excluding hydrogens is 328 g/mol. The normalized spacial score (nSPS) is 13.9. The minimum Gasteiger partial charge on any atom is -0.497 e. The van der Waals surface area contributed by atoms with Gasteiger partial charge < -0.3 is 13.9 Å². The Hall–Kier alpha value is -1.28. The zero-order valence-electron chi connectivity index (χ0n) is 16.5. The fraction of sp³-hybridized carbons (Fsp3) is 0.619. The predicted octanol–water partition coefficient (Wildman–Crippen LogP) is 5.26. The van der Waals surface area contributed by atoms with Crippen LogP contribution in [0.3, 0.4) is 0 Å². The average Bonchev–Trinajstić information content (AvgIpc) is 2.67. The number of terminal acetylenes is 1. The Morgan fingerprint density at radius 3 is 2.16 bits per heavy atom. The second-order valence-electron chi connectivity index (χ2n) is 6.54. The summed E-state index contributed by atoms with van der Waals surface area (Å²) in [7, 11) is 0.0120. The minimum absolute atomic E-state index is 0.0902. The Balaban J connectivity index is 2.54. The molecule has 0 N–H and O–H groups in total. The molecule has 2 atom stereocenters. The van der Waals surface area contributed by atoms with Gasteiger partial charge in [0.05, 0.1) is 19.8 Å². The van der Waals surface area contributed by atoms with Crippen LogP contribution in [0.5, 0.6) is 5.75 Å². The topological polar surface area (TPSA) is 27.7 Å². The van der Waals surface area contributed by atoms with Gasteiger partial charge in [-0.3, -0.25) is 0 Å². The Kier molecular flexibility index (Phi) is 9.88. The number of ether oxygens (including phenoxy) is 2. The Morgan fingerprint density at radius 1 is 1.08 bits per heavy atom. The summed E-state index contributed by atoms with van der Waals surface area (Å²) in [6.45, 7) is 10.1. The number of methoxy groups -OCH3 is 1. The van der Waals surface area contributed by atoms with E-state index in [1.54, 1.807) is 7.11 Å². The summed E-state index contributed by atoms with van der Waals surface area (Å²) in [5.41, 5.74) is 1.14. The van der Waals surface area contributed by atoms with Crippen molar-refractivity contribution in [3.63, 3.8) is 0 Å². The molecule has 25 heavy (non-hydrogen) atoms. The van der Waals surface area contributed by atoms with E-state index >= 15 is 0 Å². The largest absolute Gasteiger partial charge is 0.497 e. The summed E-state index contributed by atoms with van der Waals surface area (Å²) in [6.07, 6.45) is 6.61. The third-order valence-electron chi connectivity index (χ3n) is 5.13. The van der Waals surface area contributed by atoms with Crippen molar-refractivity contribution < 1.29 is 13.9 Å². The molecule has 0 aliphatic carbocycles. The Labute approximate surface area is 155 Å². The molecule has 0 unspecified atom stereocenters. The summed E-state index contributed by atoms with van der Waals surface area (Å²) < 4.78 is 17.7. The van der Waals surface area contributed by atoms with Crippen LogP contribution in [-0.2, 0) is 15.8 Å². The van der Waals surface area contributed by atoms with E-state index in [1.165, 1.54) is 0 Å². The van der Waals surface area contributed by atoms with Gasteiger partial charge in [-0.1, -0.05) is 32.9 Å². The Morgan fingerprint density at radius 2 is 1.68 bits per heavy atom. The van der Waals surface area contributed by atoms with Crippen molar-refractivity contribution in [2.45, 2.75) is 65.0 Å². The summed E-state index contributed by atoms with van der Waals surface area (Å²) >= 11 is 0. The minimum atomic E-state index is -1.66. The van der Waals surface area contributed by atoms with Crippen LogP contribution in [0.4, 0.5) is 0 Å². The number of hydrogen-bond acceptors (Lipinski definition) is 3. The van der Waals surface area contributed by atoms with Gasteiger partial charge in [0.2, 0.25) is 0 Å². The lowest BCUT2D eigenvalue weighted by atomic mass is 10.0. The maximum atomic E-state index is 6.62. The van der Waals surface area contributed by atoms with E-state index in [9.17, 15) is 0 Å². The fourth-order valence-corrected chi connectivity index (χ4v) is 5.91. The lowest BCUT2D eigenvalue weighted by molar-refractivity contribution is 0.0668. The molecule has 1 rings (SSSR count). The van der Waals surface area contributed by atoms with Gasteiger partial charge >= 0.3 is 0 Å². The first-order valence-electron chi connectivity index (χ1n) is 9.38. The van der Waals surface area contributed by atoms with Gasteiger partial charge in [0, 0.05) is 12.5 Å².